The molecule has 0 radical (unpaired) electrons. The lowest BCUT2D eigenvalue weighted by Gasteiger charge is -2.26. The van der Waals surface area contributed by atoms with Crippen molar-refractivity contribution < 1.29 is 10.2 Å². The summed E-state index contributed by atoms with van der Waals surface area (Å²) in [5.41, 5.74) is 7.76. The van der Waals surface area contributed by atoms with Crippen LogP contribution >= 0.6 is 56.8 Å². The highest BCUT2D eigenvalue weighted by atomic mass is 127. The molecule has 4 heterocycles. The second kappa shape index (κ2) is 12.5. The lowest BCUT2D eigenvalue weighted by molar-refractivity contribution is 0.180. The van der Waals surface area contributed by atoms with Crippen molar-refractivity contribution >= 4 is 73.6 Å². The fraction of sp³-hybridized carbons (Fsp3) is 0.538. The van der Waals surface area contributed by atoms with Crippen molar-refractivity contribution in [3.63, 3.8) is 0 Å². The quantitative estimate of drug-likeness (QED) is 0.237. The average Bonchev–Trinajstić information content (AvgIpc) is 3.47. The minimum Gasteiger partial charge on any atom is -0.396 e. The van der Waals surface area contributed by atoms with Crippen LogP contribution in [-0.4, -0.2) is 52.2 Å². The second-order valence-electron chi connectivity index (χ2n) is 10.3. The third-order valence-corrected chi connectivity index (χ3v) is 9.78. The number of hydrogen-bond donors (Lipinski definition) is 3. The van der Waals surface area contributed by atoms with E-state index in [4.69, 9.17) is 22.3 Å². The third kappa shape index (κ3) is 5.77. The van der Waals surface area contributed by atoms with Gasteiger partial charge in [-0.15, -0.1) is 0 Å². The number of nitrogens with two attached hydrogens (primary N) is 1. The van der Waals surface area contributed by atoms with Gasteiger partial charge in [0.05, 0.1) is 0 Å². The first-order valence-corrected chi connectivity index (χ1v) is 15.6. The molecule has 2 aliphatic carbocycles. The normalized spacial score (nSPS) is 23.9. The van der Waals surface area contributed by atoms with E-state index in [-0.39, 0.29) is 0 Å². The highest BCUT2D eigenvalue weighted by Gasteiger charge is 2.27. The molecule has 0 aromatic carbocycles. The Balaban J connectivity index is 0.000000155. The Kier molecular flexibility index (Phi) is 9.28. The molecular weight excluding hydrogens is 732 g/mol. The number of imidazole rings is 2. The highest BCUT2D eigenvalue weighted by molar-refractivity contribution is 14.1. The Labute approximate surface area is 253 Å². The maximum Gasteiger partial charge on any atom is 0.155 e. The van der Waals surface area contributed by atoms with Gasteiger partial charge in [-0.1, -0.05) is 11.6 Å². The zero-order valence-corrected chi connectivity index (χ0v) is 26.0. The van der Waals surface area contributed by atoms with Gasteiger partial charge in [0.1, 0.15) is 30.1 Å². The highest BCUT2D eigenvalue weighted by Crippen LogP contribution is 2.38. The lowest BCUT2D eigenvalue weighted by atomic mass is 9.82. The summed E-state index contributed by atoms with van der Waals surface area (Å²) in [6.45, 7) is 0.617. The Morgan fingerprint density at radius 3 is 1.71 bits per heavy atom. The molecule has 0 spiro atoms. The topological polar surface area (TPSA) is 127 Å². The number of halogens is 3. The van der Waals surface area contributed by atoms with Crippen molar-refractivity contribution in [3.8, 4) is 0 Å². The number of fused-ring (bicyclic) bond motifs is 2. The molecule has 2 fully saturated rings. The summed E-state index contributed by atoms with van der Waals surface area (Å²) in [4.78, 5) is 17.6. The predicted molar refractivity (Wildman–Crippen MR) is 164 cm³/mol. The molecular formula is C26H32ClI2N7O2. The van der Waals surface area contributed by atoms with Crippen LogP contribution in [0.5, 0.6) is 0 Å². The van der Waals surface area contributed by atoms with Gasteiger partial charge in [0.2, 0.25) is 0 Å². The summed E-state index contributed by atoms with van der Waals surface area (Å²) in [6.07, 6.45) is 16.0. The number of rotatable bonds is 4. The van der Waals surface area contributed by atoms with Gasteiger partial charge in [0, 0.05) is 49.8 Å². The first-order valence-electron chi connectivity index (χ1n) is 13.1. The molecule has 0 atom stereocenters. The summed E-state index contributed by atoms with van der Waals surface area (Å²) in [5, 5.41) is 18.9. The van der Waals surface area contributed by atoms with Gasteiger partial charge in [-0.25, -0.2) is 19.9 Å². The molecule has 2 aliphatic rings. The van der Waals surface area contributed by atoms with Crippen LogP contribution in [0.3, 0.4) is 0 Å². The number of hydrogen-bond acceptors (Lipinski definition) is 7. The van der Waals surface area contributed by atoms with Crippen LogP contribution in [0.4, 0.5) is 5.82 Å². The van der Waals surface area contributed by atoms with E-state index < -0.39 is 0 Å². The van der Waals surface area contributed by atoms with Crippen LogP contribution in [0, 0.1) is 19.2 Å². The molecule has 6 rings (SSSR count). The molecule has 0 bridgehead atoms. The zero-order chi connectivity index (χ0) is 26.8. The van der Waals surface area contributed by atoms with Crippen molar-refractivity contribution in [2.45, 2.75) is 63.2 Å². The lowest BCUT2D eigenvalue weighted by Crippen LogP contribution is -2.17. The average molecular weight is 764 g/mol. The summed E-state index contributed by atoms with van der Waals surface area (Å²) in [7, 11) is 0. The molecule has 4 N–H and O–H groups in total. The van der Waals surface area contributed by atoms with E-state index in [1.807, 2.05) is 12.4 Å². The van der Waals surface area contributed by atoms with Gasteiger partial charge in [0.15, 0.2) is 11.0 Å². The van der Waals surface area contributed by atoms with Gasteiger partial charge >= 0.3 is 0 Å². The van der Waals surface area contributed by atoms with Crippen LogP contribution in [0.15, 0.2) is 24.8 Å². The standard InChI is InChI=1S/C13H15ClIN3O.C13H17IN4O/c14-11-10-12(15)17-13(18(10)6-5-16-11)9-3-1-8(7-19)2-4-9;14-11-10-12(15)16-5-6-18(10)13(17-11)9-3-1-8(7-19)2-4-9/h5-6,8-9,19H,1-4,7H2;5-6,8-9,19H,1-4,7H2,(H2,15,16). The Morgan fingerprint density at radius 1 is 0.763 bits per heavy atom. The van der Waals surface area contributed by atoms with Crippen LogP contribution in [0.25, 0.3) is 11.0 Å². The third-order valence-electron chi connectivity index (χ3n) is 8.00. The summed E-state index contributed by atoms with van der Waals surface area (Å²) in [6, 6.07) is 0. The molecule has 0 aliphatic heterocycles. The van der Waals surface area contributed by atoms with Crippen molar-refractivity contribution in [2.24, 2.45) is 11.8 Å². The van der Waals surface area contributed by atoms with E-state index in [1.165, 1.54) is 0 Å². The number of aromatic nitrogens is 6. The van der Waals surface area contributed by atoms with Crippen LogP contribution in [0.1, 0.15) is 74.9 Å². The van der Waals surface area contributed by atoms with Crippen LogP contribution < -0.4 is 5.73 Å². The fourth-order valence-corrected chi connectivity index (χ4v) is 7.75. The number of nitrogens with zero attached hydrogens (tertiary/aromatic N) is 6. The molecule has 4 aromatic heterocycles. The molecule has 204 valence electrons. The summed E-state index contributed by atoms with van der Waals surface area (Å²) < 4.78 is 5.98. The summed E-state index contributed by atoms with van der Waals surface area (Å²) >= 11 is 10.6. The van der Waals surface area contributed by atoms with Crippen molar-refractivity contribution in [3.05, 3.63) is 49.0 Å². The van der Waals surface area contributed by atoms with E-state index >= 15 is 0 Å². The molecule has 9 nitrogen and oxygen atoms in total. The second-order valence-corrected chi connectivity index (χ2v) is 12.7. The smallest absolute Gasteiger partial charge is 0.155 e. The maximum absolute atomic E-state index is 9.21. The van der Waals surface area contributed by atoms with Gasteiger partial charge in [-0.05, 0) is 108 Å². The van der Waals surface area contributed by atoms with Crippen LogP contribution in [-0.2, 0) is 0 Å². The Bertz CT molecular complexity index is 1290. The largest absolute Gasteiger partial charge is 0.396 e. The molecule has 2 saturated carbocycles. The minimum atomic E-state index is 0.308. The monoisotopic (exact) mass is 763 g/mol. The first kappa shape index (κ1) is 28.2. The van der Waals surface area contributed by atoms with Gasteiger partial charge in [-0.2, -0.15) is 0 Å². The minimum absolute atomic E-state index is 0.308. The molecule has 0 saturated heterocycles. The predicted octanol–water partition coefficient (Wildman–Crippen LogP) is 5.44. The zero-order valence-electron chi connectivity index (χ0n) is 21.0. The Hall–Kier alpha value is -1.29. The first-order chi connectivity index (χ1) is 18.4. The van der Waals surface area contributed by atoms with Crippen molar-refractivity contribution in [1.82, 2.24) is 28.7 Å². The van der Waals surface area contributed by atoms with Gasteiger partial charge in [-0.3, -0.25) is 8.80 Å². The molecule has 0 unspecified atom stereocenters. The van der Waals surface area contributed by atoms with Crippen molar-refractivity contribution in [1.29, 1.82) is 0 Å². The molecule has 38 heavy (non-hydrogen) atoms. The Morgan fingerprint density at radius 2 is 1.21 bits per heavy atom. The SMILES string of the molecule is Nc1nccn2c(C3CCC(CO)CC3)nc(I)c12.OCC1CCC(c2nc(I)c3c(Cl)nccn23)CC1. The fourth-order valence-electron chi connectivity index (χ4n) is 5.81. The summed E-state index contributed by atoms with van der Waals surface area (Å²) in [5.74, 6) is 4.55. The van der Waals surface area contributed by atoms with E-state index in [0.717, 1.165) is 81.5 Å². The number of aliphatic hydroxyl groups excluding tert-OH is 2. The number of nitrogen functional groups attached to an aromatic ring is 1. The van der Waals surface area contributed by atoms with Crippen LogP contribution in [0.2, 0.25) is 5.15 Å². The van der Waals surface area contributed by atoms with E-state index in [1.54, 1.807) is 12.4 Å². The number of anilines is 1. The van der Waals surface area contributed by atoms with Crippen molar-refractivity contribution in [2.75, 3.05) is 18.9 Å². The van der Waals surface area contributed by atoms with E-state index in [9.17, 15) is 10.2 Å². The molecule has 0 amide bonds. The van der Waals surface area contributed by atoms with Gasteiger partial charge < -0.3 is 15.9 Å². The maximum atomic E-state index is 9.21. The molecule has 4 aromatic rings. The molecule has 12 heteroatoms. The van der Waals surface area contributed by atoms with Gasteiger partial charge in [0.25, 0.3) is 0 Å². The number of aliphatic hydroxyl groups is 2. The van der Waals surface area contributed by atoms with E-state index in [2.05, 4.69) is 68.9 Å². The van der Waals surface area contributed by atoms with E-state index in [0.29, 0.717) is 47.9 Å².